The van der Waals surface area contributed by atoms with E-state index in [1.165, 1.54) is 22.5 Å². The van der Waals surface area contributed by atoms with Crippen molar-refractivity contribution in [2.24, 2.45) is 0 Å². The van der Waals surface area contributed by atoms with Crippen molar-refractivity contribution in [2.45, 2.75) is 27.7 Å². The molecule has 0 spiro atoms. The molecule has 1 aromatic heterocycles. The van der Waals surface area contributed by atoms with E-state index in [2.05, 4.69) is 51.5 Å². The number of hydrogen-bond acceptors (Lipinski definition) is 1. The second-order valence-electron chi connectivity index (χ2n) is 3.58. The van der Waals surface area contributed by atoms with Crippen LogP contribution in [0.15, 0.2) is 0 Å². The van der Waals surface area contributed by atoms with Gasteiger partial charge in [0.15, 0.2) is 0 Å². The first-order chi connectivity index (χ1) is 5.46. The van der Waals surface area contributed by atoms with Crippen LogP contribution in [0.4, 0.5) is 0 Å². The van der Waals surface area contributed by atoms with Gasteiger partial charge in [-0.1, -0.05) is 0 Å². The molecule has 1 heterocycles. The zero-order valence-corrected chi connectivity index (χ0v) is 8.89. The maximum atomic E-state index is 2.24. The van der Waals surface area contributed by atoms with E-state index < -0.39 is 0 Å². The maximum Gasteiger partial charge on any atom is 0.0400 e. The van der Waals surface area contributed by atoms with E-state index in [0.29, 0.717) is 0 Å². The van der Waals surface area contributed by atoms with Crippen molar-refractivity contribution < 1.29 is 0 Å². The van der Waals surface area contributed by atoms with Gasteiger partial charge in [-0.3, -0.25) is 4.68 Å². The predicted molar refractivity (Wildman–Crippen MR) is 53.4 cm³/mol. The number of nitrogens with zero attached hydrogens (tertiary/aromatic N) is 2. The van der Waals surface area contributed by atoms with Crippen molar-refractivity contribution in [3.63, 3.8) is 0 Å². The third-order valence-electron chi connectivity index (χ3n) is 2.68. The molecule has 0 bridgehead atoms. The Morgan fingerprint density at radius 2 is 1.17 bits per heavy atom. The van der Waals surface area contributed by atoms with Gasteiger partial charge in [-0.25, -0.2) is 0 Å². The van der Waals surface area contributed by atoms with Gasteiger partial charge in [0, 0.05) is 25.5 Å². The van der Waals surface area contributed by atoms with Crippen LogP contribution in [0.2, 0.25) is 0 Å². The Hall–Kier alpha value is -0.920. The summed E-state index contributed by atoms with van der Waals surface area (Å²) in [5.74, 6) is 0. The summed E-state index contributed by atoms with van der Waals surface area (Å²) >= 11 is 0. The molecule has 0 aliphatic rings. The van der Waals surface area contributed by atoms with Crippen LogP contribution in [0.25, 0.3) is 0 Å². The molecule has 0 amide bonds. The first kappa shape index (κ1) is 9.17. The lowest BCUT2D eigenvalue weighted by Gasteiger charge is -2.19. The SMILES string of the molecule is Cc1c(C)c(C)n(N(C)C)c1C. The third kappa shape index (κ3) is 1.11. The molecule has 0 unspecified atom stereocenters. The summed E-state index contributed by atoms with van der Waals surface area (Å²) in [6, 6.07) is 0. The third-order valence-corrected chi connectivity index (χ3v) is 2.68. The molecule has 0 fully saturated rings. The highest BCUT2D eigenvalue weighted by Crippen LogP contribution is 2.19. The average Bonchev–Trinajstić information content (AvgIpc) is 2.16. The van der Waals surface area contributed by atoms with Crippen LogP contribution in [-0.2, 0) is 0 Å². The Bertz CT molecular complexity index is 270. The second-order valence-corrected chi connectivity index (χ2v) is 3.58. The lowest BCUT2D eigenvalue weighted by molar-refractivity contribution is 0.689. The minimum Gasteiger partial charge on any atom is -0.319 e. The highest BCUT2D eigenvalue weighted by atomic mass is 15.5. The standard InChI is InChI=1S/C10H18N2/c1-7-8(2)10(4)12(9(7)3)11(5)6/h1-6H3. The molecule has 0 atom stereocenters. The minimum absolute atomic E-state index is 1.34. The van der Waals surface area contributed by atoms with Gasteiger partial charge in [0.1, 0.15) is 0 Å². The number of aromatic nitrogens is 1. The van der Waals surface area contributed by atoms with Gasteiger partial charge in [0.05, 0.1) is 0 Å². The van der Waals surface area contributed by atoms with Crippen LogP contribution in [0.5, 0.6) is 0 Å². The normalized spacial score (nSPS) is 10.5. The van der Waals surface area contributed by atoms with Gasteiger partial charge < -0.3 is 5.01 Å². The van der Waals surface area contributed by atoms with E-state index in [-0.39, 0.29) is 0 Å². The zero-order valence-electron chi connectivity index (χ0n) is 8.89. The quantitative estimate of drug-likeness (QED) is 0.619. The molecule has 0 radical (unpaired) electrons. The largest absolute Gasteiger partial charge is 0.319 e. The molecule has 2 heteroatoms. The Labute approximate surface area is 74.8 Å². The Morgan fingerprint density at radius 3 is 1.33 bits per heavy atom. The molecule has 0 N–H and O–H groups in total. The molecule has 0 aromatic carbocycles. The van der Waals surface area contributed by atoms with Gasteiger partial charge >= 0.3 is 0 Å². The van der Waals surface area contributed by atoms with E-state index in [9.17, 15) is 0 Å². The van der Waals surface area contributed by atoms with Crippen LogP contribution in [0, 0.1) is 27.7 Å². The van der Waals surface area contributed by atoms with Crippen LogP contribution >= 0.6 is 0 Å². The van der Waals surface area contributed by atoms with E-state index in [1.807, 2.05) is 0 Å². The van der Waals surface area contributed by atoms with Gasteiger partial charge in [-0.2, -0.15) is 0 Å². The van der Waals surface area contributed by atoms with Crippen LogP contribution in [-0.4, -0.2) is 18.8 Å². The van der Waals surface area contributed by atoms with Crippen molar-refractivity contribution >= 4 is 0 Å². The average molecular weight is 166 g/mol. The molecule has 0 saturated heterocycles. The molecule has 0 aliphatic heterocycles. The molecule has 12 heavy (non-hydrogen) atoms. The molecule has 0 saturated carbocycles. The monoisotopic (exact) mass is 166 g/mol. The van der Waals surface area contributed by atoms with Crippen molar-refractivity contribution in [3.8, 4) is 0 Å². The summed E-state index contributed by atoms with van der Waals surface area (Å²) in [6.07, 6.45) is 0. The van der Waals surface area contributed by atoms with Gasteiger partial charge in [-0.15, -0.1) is 0 Å². The smallest absolute Gasteiger partial charge is 0.0400 e. The number of rotatable bonds is 1. The van der Waals surface area contributed by atoms with Crippen LogP contribution in [0.1, 0.15) is 22.5 Å². The lowest BCUT2D eigenvalue weighted by atomic mass is 10.2. The van der Waals surface area contributed by atoms with Crippen molar-refractivity contribution in [1.29, 1.82) is 0 Å². The van der Waals surface area contributed by atoms with Gasteiger partial charge in [0.25, 0.3) is 0 Å². The van der Waals surface area contributed by atoms with Crippen molar-refractivity contribution in [3.05, 3.63) is 22.5 Å². The fourth-order valence-corrected chi connectivity index (χ4v) is 1.71. The second kappa shape index (κ2) is 2.85. The highest BCUT2D eigenvalue weighted by molar-refractivity contribution is 5.36. The highest BCUT2D eigenvalue weighted by Gasteiger charge is 2.11. The molecule has 0 aliphatic carbocycles. The molecule has 68 valence electrons. The molecule has 1 rings (SSSR count). The van der Waals surface area contributed by atoms with Gasteiger partial charge in [-0.05, 0) is 38.8 Å². The topological polar surface area (TPSA) is 8.17 Å². The molecular formula is C10H18N2. The predicted octanol–water partition coefficient (Wildman–Crippen LogP) is 1.92. The zero-order chi connectivity index (χ0) is 9.46. The molecular weight excluding hydrogens is 148 g/mol. The maximum absolute atomic E-state index is 2.24. The fraction of sp³-hybridized carbons (Fsp3) is 0.600. The summed E-state index contributed by atoms with van der Waals surface area (Å²) in [7, 11) is 4.14. The van der Waals surface area contributed by atoms with E-state index >= 15 is 0 Å². The Balaban J connectivity index is 3.38. The van der Waals surface area contributed by atoms with Crippen LogP contribution < -0.4 is 5.01 Å². The van der Waals surface area contributed by atoms with Crippen molar-refractivity contribution in [1.82, 2.24) is 4.68 Å². The first-order valence-electron chi connectivity index (χ1n) is 4.29. The molecule has 1 aromatic rings. The minimum atomic E-state index is 1.34. The Kier molecular flexibility index (Phi) is 2.18. The van der Waals surface area contributed by atoms with Crippen LogP contribution in [0.3, 0.4) is 0 Å². The fourth-order valence-electron chi connectivity index (χ4n) is 1.71. The van der Waals surface area contributed by atoms with E-state index in [4.69, 9.17) is 0 Å². The Morgan fingerprint density at radius 1 is 0.833 bits per heavy atom. The van der Waals surface area contributed by atoms with Gasteiger partial charge in [0.2, 0.25) is 0 Å². The van der Waals surface area contributed by atoms with E-state index in [0.717, 1.165) is 0 Å². The lowest BCUT2D eigenvalue weighted by Crippen LogP contribution is -2.27. The van der Waals surface area contributed by atoms with Crippen molar-refractivity contribution in [2.75, 3.05) is 19.1 Å². The first-order valence-corrected chi connectivity index (χ1v) is 4.29. The number of hydrogen-bond donors (Lipinski definition) is 0. The summed E-state index contributed by atoms with van der Waals surface area (Å²) in [4.78, 5) is 0. The summed E-state index contributed by atoms with van der Waals surface area (Å²) < 4.78 is 2.24. The summed E-state index contributed by atoms with van der Waals surface area (Å²) in [6.45, 7) is 8.68. The van der Waals surface area contributed by atoms with E-state index in [1.54, 1.807) is 0 Å². The molecule has 2 nitrogen and oxygen atoms in total. The summed E-state index contributed by atoms with van der Waals surface area (Å²) in [5, 5.41) is 2.12. The summed E-state index contributed by atoms with van der Waals surface area (Å²) in [5.41, 5.74) is 5.49.